The van der Waals surface area contributed by atoms with Crippen molar-refractivity contribution in [1.29, 1.82) is 0 Å². The van der Waals surface area contributed by atoms with E-state index in [-0.39, 0.29) is 24.1 Å². The molecule has 5 N–H and O–H groups in total. The summed E-state index contributed by atoms with van der Waals surface area (Å²) in [7, 11) is 0. The number of imide groups is 1. The number of hydrogen-bond acceptors (Lipinski definition) is 8. The molecule has 294 valence electrons. The molecule has 57 heavy (non-hydrogen) atoms. The van der Waals surface area contributed by atoms with Gasteiger partial charge in [-0.15, -0.1) is 0 Å². The molecule has 3 saturated heterocycles. The number of likely N-dealkylation sites (tertiary alicyclic amines) is 1. The number of aromatic nitrogens is 1. The lowest BCUT2D eigenvalue weighted by atomic mass is 9.95. The Labute approximate surface area is 329 Å². The van der Waals surface area contributed by atoms with Crippen LogP contribution in [0.4, 0.5) is 27.5 Å². The summed E-state index contributed by atoms with van der Waals surface area (Å²) in [6.45, 7) is 6.16. The molecule has 0 saturated carbocycles. The zero-order valence-electron chi connectivity index (χ0n) is 31.5. The molecule has 1 unspecified atom stereocenters. The van der Waals surface area contributed by atoms with Crippen LogP contribution in [-0.4, -0.2) is 107 Å². The Bertz CT molecular complexity index is 2240. The van der Waals surface area contributed by atoms with E-state index in [4.69, 9.17) is 0 Å². The van der Waals surface area contributed by atoms with Crippen LogP contribution in [-0.2, 0) is 25.7 Å². The maximum atomic E-state index is 13.1. The number of anilines is 4. The van der Waals surface area contributed by atoms with Gasteiger partial charge in [0.25, 0.3) is 5.91 Å². The number of benzene rings is 3. The van der Waals surface area contributed by atoms with Gasteiger partial charge in [0.05, 0.1) is 0 Å². The number of piperidine rings is 2. The van der Waals surface area contributed by atoms with Crippen LogP contribution in [0.1, 0.15) is 41.6 Å². The first-order valence-electron chi connectivity index (χ1n) is 19.4. The second-order valence-corrected chi connectivity index (χ2v) is 15.1. The first-order valence-corrected chi connectivity index (χ1v) is 19.4. The molecule has 3 fully saturated rings. The third kappa shape index (κ3) is 8.68. The lowest BCUT2D eigenvalue weighted by Crippen LogP contribution is -2.52. The Hall–Kier alpha value is -6.48. The van der Waals surface area contributed by atoms with Crippen LogP contribution >= 0.6 is 0 Å². The van der Waals surface area contributed by atoms with E-state index in [1.165, 1.54) is 12.2 Å². The highest BCUT2D eigenvalue weighted by Crippen LogP contribution is 2.31. The summed E-state index contributed by atoms with van der Waals surface area (Å²) in [5.41, 5.74) is 5.26. The second kappa shape index (κ2) is 16.3. The van der Waals surface area contributed by atoms with Crippen molar-refractivity contribution in [3.63, 3.8) is 0 Å². The third-order valence-corrected chi connectivity index (χ3v) is 11.3. The van der Waals surface area contributed by atoms with Crippen molar-refractivity contribution in [2.45, 2.75) is 38.3 Å². The predicted molar refractivity (Wildman–Crippen MR) is 216 cm³/mol. The first kappa shape index (κ1) is 37.4. The fourth-order valence-electron chi connectivity index (χ4n) is 8.14. The number of fused-ring (bicyclic) bond motifs is 2. The number of nitrogens with zero attached hydrogens (tertiary/aromatic N) is 4. The Morgan fingerprint density at radius 2 is 1.47 bits per heavy atom. The molecule has 0 radical (unpaired) electrons. The number of urea groups is 1. The van der Waals surface area contributed by atoms with Gasteiger partial charge in [-0.2, -0.15) is 0 Å². The Kier molecular flexibility index (Phi) is 10.7. The van der Waals surface area contributed by atoms with Crippen molar-refractivity contribution in [2.75, 3.05) is 66.7 Å². The van der Waals surface area contributed by atoms with Gasteiger partial charge in [0.1, 0.15) is 6.04 Å². The molecule has 0 bridgehead atoms. The number of H-pyrrole nitrogens is 1. The van der Waals surface area contributed by atoms with Crippen LogP contribution in [0.15, 0.2) is 85.1 Å². The van der Waals surface area contributed by atoms with E-state index in [2.05, 4.69) is 42.1 Å². The molecule has 1 atom stereocenters. The van der Waals surface area contributed by atoms with Crippen LogP contribution in [0.2, 0.25) is 0 Å². The molecule has 8 rings (SSSR count). The van der Waals surface area contributed by atoms with Crippen LogP contribution < -0.4 is 26.2 Å². The van der Waals surface area contributed by atoms with Crippen molar-refractivity contribution in [2.24, 2.45) is 5.92 Å². The smallest absolute Gasteiger partial charge is 0.323 e. The predicted octanol–water partition coefficient (Wildman–Crippen LogP) is 4.13. The zero-order chi connectivity index (χ0) is 39.5. The maximum Gasteiger partial charge on any atom is 0.323 e. The van der Waals surface area contributed by atoms with Gasteiger partial charge < -0.3 is 35.6 Å². The minimum Gasteiger partial charge on any atom is -0.369 e. The molecule has 5 heterocycles. The zero-order valence-corrected chi connectivity index (χ0v) is 31.5. The van der Waals surface area contributed by atoms with Gasteiger partial charge in [-0.05, 0) is 96.8 Å². The van der Waals surface area contributed by atoms with Crippen molar-refractivity contribution in [1.82, 2.24) is 25.0 Å². The molecule has 15 heteroatoms. The minimum atomic E-state index is -0.621. The number of carbonyl (C=O) groups is 6. The summed E-state index contributed by atoms with van der Waals surface area (Å²) >= 11 is 0. The molecule has 0 spiro atoms. The molecule has 1 aromatic heterocycles. The Morgan fingerprint density at radius 1 is 0.754 bits per heavy atom. The van der Waals surface area contributed by atoms with E-state index in [1.54, 1.807) is 34.1 Å². The third-order valence-electron chi connectivity index (χ3n) is 11.3. The SMILES string of the molecule is O=C(/C=C/C(=O)N1CCC(CN2CCN(c3ccc4c(c3)CN(C3CCC(=O)NC3=O)C4=O)CC2)CC1)Nc1ccc(NC(=O)Nc2ccc3cc[nH]c3c2)cc1. The normalized spacial score (nSPS) is 19.2. The molecule has 3 aromatic carbocycles. The maximum absolute atomic E-state index is 13.1. The van der Waals surface area contributed by atoms with E-state index in [1.807, 2.05) is 42.6 Å². The highest BCUT2D eigenvalue weighted by atomic mass is 16.2. The second-order valence-electron chi connectivity index (χ2n) is 15.1. The summed E-state index contributed by atoms with van der Waals surface area (Å²) < 4.78 is 0. The van der Waals surface area contributed by atoms with Crippen LogP contribution in [0.3, 0.4) is 0 Å². The summed E-state index contributed by atoms with van der Waals surface area (Å²) in [6.07, 6.45) is 6.79. The van der Waals surface area contributed by atoms with Crippen molar-refractivity contribution in [3.8, 4) is 0 Å². The molecule has 4 aromatic rings. The van der Waals surface area contributed by atoms with Crippen LogP contribution in [0.5, 0.6) is 0 Å². The van der Waals surface area contributed by atoms with Gasteiger partial charge >= 0.3 is 6.03 Å². The molecule has 15 nitrogen and oxygen atoms in total. The summed E-state index contributed by atoms with van der Waals surface area (Å²) in [5.74, 6) is -0.984. The average molecular weight is 772 g/mol. The molecular weight excluding hydrogens is 727 g/mol. The number of aromatic amines is 1. The number of piperazine rings is 1. The van der Waals surface area contributed by atoms with Gasteiger partial charge in [0, 0.05) is 111 Å². The summed E-state index contributed by atoms with van der Waals surface area (Å²) in [4.78, 5) is 86.4. The molecule has 4 aliphatic rings. The molecule has 7 amide bonds. The van der Waals surface area contributed by atoms with Gasteiger partial charge in [-0.1, -0.05) is 6.07 Å². The quantitative estimate of drug-likeness (QED) is 0.125. The lowest BCUT2D eigenvalue weighted by Gasteiger charge is -2.39. The fourth-order valence-corrected chi connectivity index (χ4v) is 8.14. The number of nitrogens with one attached hydrogen (secondary N) is 5. The van der Waals surface area contributed by atoms with Gasteiger partial charge in [-0.25, -0.2) is 4.79 Å². The van der Waals surface area contributed by atoms with E-state index >= 15 is 0 Å². The number of hydrogen-bond donors (Lipinski definition) is 5. The van der Waals surface area contributed by atoms with Crippen molar-refractivity contribution < 1.29 is 28.8 Å². The highest BCUT2D eigenvalue weighted by molar-refractivity contribution is 6.06. The van der Waals surface area contributed by atoms with Crippen molar-refractivity contribution in [3.05, 3.63) is 96.2 Å². The highest BCUT2D eigenvalue weighted by Gasteiger charge is 2.39. The van der Waals surface area contributed by atoms with E-state index in [9.17, 15) is 28.8 Å². The van der Waals surface area contributed by atoms with Crippen LogP contribution in [0, 0.1) is 5.92 Å². The van der Waals surface area contributed by atoms with Crippen molar-refractivity contribution >= 4 is 69.2 Å². The van der Waals surface area contributed by atoms with Crippen LogP contribution in [0.25, 0.3) is 10.9 Å². The Morgan fingerprint density at radius 3 is 2.23 bits per heavy atom. The van der Waals surface area contributed by atoms with Gasteiger partial charge in [0.15, 0.2) is 0 Å². The van der Waals surface area contributed by atoms with Gasteiger partial charge in [0.2, 0.25) is 23.6 Å². The first-order chi connectivity index (χ1) is 27.6. The van der Waals surface area contributed by atoms with E-state index in [0.717, 1.165) is 67.7 Å². The fraction of sp³-hybridized carbons (Fsp3) is 0.333. The van der Waals surface area contributed by atoms with E-state index < -0.39 is 23.9 Å². The Balaban J connectivity index is 0.732. The molecule has 4 aliphatic heterocycles. The summed E-state index contributed by atoms with van der Waals surface area (Å²) in [5, 5.41) is 11.7. The topological polar surface area (TPSA) is 179 Å². The monoisotopic (exact) mass is 771 g/mol. The standard InChI is InChI=1S/C42H45N9O6/c52-37(44-30-3-5-31(6-4-30)45-42(57)46-32-2-1-28-13-16-43-35(28)24-32)11-12-39(54)50-17-14-27(15-18-50)25-48-19-21-49(22-20-48)33-7-8-34-29(23-33)26-51(41(34)56)36-9-10-38(53)47-40(36)55/h1-8,11-13,16,23-24,27,36,43H,9-10,14-15,17-22,25-26H2,(H,44,52)(H2,45,46,57)(H,47,53,55)/b12-11+. The number of carbonyl (C=O) groups excluding carboxylic acids is 6. The summed E-state index contributed by atoms with van der Waals surface area (Å²) in [6, 6.07) is 19.2. The van der Waals surface area contributed by atoms with Gasteiger partial charge in [-0.3, -0.25) is 34.2 Å². The average Bonchev–Trinajstić information content (AvgIpc) is 3.81. The van der Waals surface area contributed by atoms with E-state index in [0.29, 0.717) is 54.6 Å². The molecular formula is C42H45N9O6. The minimum absolute atomic E-state index is 0.163. The largest absolute Gasteiger partial charge is 0.369 e. The lowest BCUT2D eigenvalue weighted by molar-refractivity contribution is -0.137. The number of rotatable bonds is 9. The number of amides is 7. The molecule has 0 aliphatic carbocycles.